The molecule has 1 aromatic rings. The highest BCUT2D eigenvalue weighted by molar-refractivity contribution is 5.88. The lowest BCUT2D eigenvalue weighted by molar-refractivity contribution is -0.119. The summed E-state index contributed by atoms with van der Waals surface area (Å²) in [5.74, 6) is -3.50. The van der Waals surface area contributed by atoms with Crippen LogP contribution < -0.4 is 4.90 Å². The van der Waals surface area contributed by atoms with Gasteiger partial charge in [0.15, 0.2) is 11.6 Å². The van der Waals surface area contributed by atoms with Gasteiger partial charge in [0.1, 0.15) is 12.1 Å². The van der Waals surface area contributed by atoms with E-state index in [0.717, 1.165) is 19.3 Å². The molecule has 1 N–H and O–H groups in total. The molecule has 0 saturated heterocycles. The van der Waals surface area contributed by atoms with E-state index in [1.165, 1.54) is 0 Å². The van der Waals surface area contributed by atoms with Gasteiger partial charge in [0.2, 0.25) is 0 Å². The van der Waals surface area contributed by atoms with E-state index in [-0.39, 0.29) is 0 Å². The Bertz CT molecular complexity index is 433. The van der Waals surface area contributed by atoms with Crippen LogP contribution in [0.5, 0.6) is 0 Å². The third-order valence-electron chi connectivity index (χ3n) is 1.88. The van der Waals surface area contributed by atoms with Crippen LogP contribution in [0.2, 0.25) is 0 Å². The first-order valence-electron chi connectivity index (χ1n) is 4.38. The summed E-state index contributed by atoms with van der Waals surface area (Å²) in [6.45, 7) is -1.42. The molecule has 0 bridgehead atoms. The Kier molecular flexibility index (Phi) is 3.54. The molecule has 1 heterocycles. The molecule has 0 amide bonds. The lowest BCUT2D eigenvalue weighted by Crippen LogP contribution is -2.32. The Labute approximate surface area is 93.5 Å². The number of aromatic carboxylic acids is 1. The Balaban J connectivity index is 3.07. The first kappa shape index (κ1) is 13.2. The van der Waals surface area contributed by atoms with E-state index in [2.05, 4.69) is 4.98 Å². The Morgan fingerprint density at radius 1 is 1.53 bits per heavy atom. The number of hydrogen-bond acceptors (Lipinski definition) is 3. The number of carbonyl (C=O) groups is 1. The standard InChI is InChI=1S/C9H8F4N2O2/c1-15(4-9(11,12)13)7-6(10)5(8(16)17)2-3-14-7/h2-3H,4H2,1H3,(H,16,17). The maximum absolute atomic E-state index is 13.5. The fourth-order valence-electron chi connectivity index (χ4n) is 1.21. The number of carboxylic acids is 1. The predicted octanol–water partition coefficient (Wildman–Crippen LogP) is 1.92. The van der Waals surface area contributed by atoms with Crippen molar-refractivity contribution < 1.29 is 27.5 Å². The number of nitrogens with zero attached hydrogens (tertiary/aromatic N) is 2. The van der Waals surface area contributed by atoms with Crippen molar-refractivity contribution in [3.05, 3.63) is 23.6 Å². The van der Waals surface area contributed by atoms with Crippen LogP contribution in [0.15, 0.2) is 12.3 Å². The van der Waals surface area contributed by atoms with Crippen LogP contribution in [-0.4, -0.2) is 35.8 Å². The molecular weight excluding hydrogens is 244 g/mol. The Hall–Kier alpha value is -1.86. The van der Waals surface area contributed by atoms with Crippen LogP contribution in [0, 0.1) is 5.82 Å². The average Bonchev–Trinajstić information content (AvgIpc) is 2.14. The molecule has 4 nitrogen and oxygen atoms in total. The quantitative estimate of drug-likeness (QED) is 0.835. The molecule has 0 aliphatic heterocycles. The Morgan fingerprint density at radius 2 is 2.12 bits per heavy atom. The molecule has 0 aliphatic carbocycles. The fourth-order valence-corrected chi connectivity index (χ4v) is 1.21. The largest absolute Gasteiger partial charge is 0.478 e. The van der Waals surface area contributed by atoms with Gasteiger partial charge in [-0.15, -0.1) is 0 Å². The minimum absolute atomic E-state index is 0.502. The second-order valence-electron chi connectivity index (χ2n) is 3.27. The van der Waals surface area contributed by atoms with Gasteiger partial charge in [0, 0.05) is 13.2 Å². The summed E-state index contributed by atoms with van der Waals surface area (Å²) in [6.07, 6.45) is -3.59. The smallest absolute Gasteiger partial charge is 0.405 e. The molecule has 0 spiro atoms. The van der Waals surface area contributed by atoms with E-state index in [9.17, 15) is 22.4 Å². The summed E-state index contributed by atoms with van der Waals surface area (Å²) in [7, 11) is 0.977. The fraction of sp³-hybridized carbons (Fsp3) is 0.333. The van der Waals surface area contributed by atoms with Crippen LogP contribution in [0.4, 0.5) is 23.4 Å². The number of anilines is 1. The van der Waals surface area contributed by atoms with Crippen molar-refractivity contribution in [3.8, 4) is 0 Å². The number of alkyl halides is 3. The van der Waals surface area contributed by atoms with Gasteiger partial charge in [-0.25, -0.2) is 14.2 Å². The van der Waals surface area contributed by atoms with E-state index >= 15 is 0 Å². The van der Waals surface area contributed by atoms with Crippen molar-refractivity contribution in [1.29, 1.82) is 0 Å². The van der Waals surface area contributed by atoms with Crippen LogP contribution in [-0.2, 0) is 0 Å². The molecule has 8 heteroatoms. The second kappa shape index (κ2) is 4.56. The van der Waals surface area contributed by atoms with Gasteiger partial charge in [0.25, 0.3) is 0 Å². The minimum atomic E-state index is -4.53. The molecule has 1 aromatic heterocycles. The van der Waals surface area contributed by atoms with E-state index in [0.29, 0.717) is 4.90 Å². The zero-order valence-electron chi connectivity index (χ0n) is 8.62. The molecule has 0 saturated carbocycles. The summed E-state index contributed by atoms with van der Waals surface area (Å²) in [6, 6.07) is 0.878. The van der Waals surface area contributed by atoms with E-state index in [1.807, 2.05) is 0 Å². The predicted molar refractivity (Wildman–Crippen MR) is 50.5 cm³/mol. The number of pyridine rings is 1. The van der Waals surface area contributed by atoms with Gasteiger partial charge >= 0.3 is 12.1 Å². The maximum atomic E-state index is 13.5. The van der Waals surface area contributed by atoms with Crippen molar-refractivity contribution in [2.45, 2.75) is 6.18 Å². The van der Waals surface area contributed by atoms with Gasteiger partial charge < -0.3 is 10.0 Å². The lowest BCUT2D eigenvalue weighted by atomic mass is 10.2. The normalized spacial score (nSPS) is 11.4. The lowest BCUT2D eigenvalue weighted by Gasteiger charge is -2.20. The van der Waals surface area contributed by atoms with Crippen molar-refractivity contribution >= 4 is 11.8 Å². The minimum Gasteiger partial charge on any atom is -0.478 e. The maximum Gasteiger partial charge on any atom is 0.405 e. The first-order valence-corrected chi connectivity index (χ1v) is 4.38. The van der Waals surface area contributed by atoms with Gasteiger partial charge in [-0.1, -0.05) is 0 Å². The molecule has 1 rings (SSSR count). The highest BCUT2D eigenvalue weighted by Crippen LogP contribution is 2.23. The van der Waals surface area contributed by atoms with Crippen LogP contribution in [0.25, 0.3) is 0 Å². The van der Waals surface area contributed by atoms with Crippen LogP contribution in [0.3, 0.4) is 0 Å². The number of rotatable bonds is 3. The van der Waals surface area contributed by atoms with Crippen molar-refractivity contribution in [1.82, 2.24) is 4.98 Å². The number of carboxylic acid groups (broad SMARTS) is 1. The third kappa shape index (κ3) is 3.30. The second-order valence-corrected chi connectivity index (χ2v) is 3.27. The SMILES string of the molecule is CN(CC(F)(F)F)c1nccc(C(=O)O)c1F. The average molecular weight is 252 g/mol. The molecule has 0 unspecified atom stereocenters. The van der Waals surface area contributed by atoms with Gasteiger partial charge in [0.05, 0.1) is 0 Å². The number of aromatic nitrogens is 1. The first-order chi connectivity index (χ1) is 7.72. The van der Waals surface area contributed by atoms with E-state index in [1.54, 1.807) is 0 Å². The van der Waals surface area contributed by atoms with Crippen molar-refractivity contribution in [2.24, 2.45) is 0 Å². The van der Waals surface area contributed by atoms with Crippen molar-refractivity contribution in [3.63, 3.8) is 0 Å². The summed E-state index contributed by atoms with van der Waals surface area (Å²) >= 11 is 0. The topological polar surface area (TPSA) is 53.4 Å². The molecule has 0 fully saturated rings. The molecule has 17 heavy (non-hydrogen) atoms. The highest BCUT2D eigenvalue weighted by atomic mass is 19.4. The highest BCUT2D eigenvalue weighted by Gasteiger charge is 2.31. The van der Waals surface area contributed by atoms with Gasteiger partial charge in [-0.3, -0.25) is 0 Å². The number of halogens is 4. The third-order valence-corrected chi connectivity index (χ3v) is 1.88. The number of hydrogen-bond donors (Lipinski definition) is 1. The molecule has 0 radical (unpaired) electrons. The molecule has 0 aromatic carbocycles. The molecule has 94 valence electrons. The zero-order chi connectivity index (χ0) is 13.2. The van der Waals surface area contributed by atoms with E-state index in [4.69, 9.17) is 5.11 Å². The zero-order valence-corrected chi connectivity index (χ0v) is 8.62. The summed E-state index contributed by atoms with van der Waals surface area (Å²) < 4.78 is 49.7. The summed E-state index contributed by atoms with van der Waals surface area (Å²) in [5.41, 5.74) is -0.718. The molecular formula is C9H8F4N2O2. The summed E-state index contributed by atoms with van der Waals surface area (Å²) in [4.78, 5) is 14.5. The Morgan fingerprint density at radius 3 is 2.59 bits per heavy atom. The molecule has 0 atom stereocenters. The van der Waals surface area contributed by atoms with Gasteiger partial charge in [-0.05, 0) is 6.07 Å². The molecule has 0 aliphatic rings. The van der Waals surface area contributed by atoms with Crippen molar-refractivity contribution in [2.75, 3.05) is 18.5 Å². The van der Waals surface area contributed by atoms with E-state index < -0.39 is 35.9 Å². The monoisotopic (exact) mass is 252 g/mol. The van der Waals surface area contributed by atoms with Crippen LogP contribution in [0.1, 0.15) is 10.4 Å². The summed E-state index contributed by atoms with van der Waals surface area (Å²) in [5, 5.41) is 8.60. The van der Waals surface area contributed by atoms with Crippen LogP contribution >= 0.6 is 0 Å². The van der Waals surface area contributed by atoms with Gasteiger partial charge in [-0.2, -0.15) is 13.2 Å².